The topological polar surface area (TPSA) is 51.5 Å². The standard InChI is InChI=1S/C14H15NO3/c1-9-8-13(17-3)10(2)7-11(9)15-14(16)12-5-4-6-18-12/h4-8H,1-3H3,(H,15,16). The number of ether oxygens (including phenoxy) is 1. The van der Waals surface area contributed by atoms with Crippen LogP contribution in [-0.2, 0) is 0 Å². The van der Waals surface area contributed by atoms with Crippen molar-refractivity contribution in [3.63, 3.8) is 0 Å². The molecular formula is C14H15NO3. The van der Waals surface area contributed by atoms with Crippen LogP contribution in [0.3, 0.4) is 0 Å². The number of hydrogen-bond donors (Lipinski definition) is 1. The van der Waals surface area contributed by atoms with Gasteiger partial charge in [-0.05, 0) is 49.2 Å². The summed E-state index contributed by atoms with van der Waals surface area (Å²) in [6.07, 6.45) is 1.47. The zero-order valence-electron chi connectivity index (χ0n) is 10.6. The van der Waals surface area contributed by atoms with E-state index in [0.717, 1.165) is 22.6 Å². The molecule has 1 N–H and O–H groups in total. The number of nitrogens with one attached hydrogen (secondary N) is 1. The van der Waals surface area contributed by atoms with Crippen LogP contribution in [0.5, 0.6) is 5.75 Å². The lowest BCUT2D eigenvalue weighted by Gasteiger charge is -2.11. The monoisotopic (exact) mass is 245 g/mol. The lowest BCUT2D eigenvalue weighted by molar-refractivity contribution is 0.0996. The van der Waals surface area contributed by atoms with E-state index in [1.54, 1.807) is 19.2 Å². The Balaban J connectivity index is 2.24. The summed E-state index contributed by atoms with van der Waals surface area (Å²) in [5.41, 5.74) is 2.67. The summed E-state index contributed by atoms with van der Waals surface area (Å²) >= 11 is 0. The molecule has 0 spiro atoms. The molecule has 1 aromatic carbocycles. The molecule has 1 amide bonds. The molecule has 0 aliphatic rings. The molecule has 0 aliphatic heterocycles. The second-order valence-corrected chi connectivity index (χ2v) is 4.07. The largest absolute Gasteiger partial charge is 0.496 e. The van der Waals surface area contributed by atoms with Gasteiger partial charge in [0.05, 0.1) is 13.4 Å². The first kappa shape index (κ1) is 12.2. The lowest BCUT2D eigenvalue weighted by atomic mass is 10.1. The molecule has 4 heteroatoms. The van der Waals surface area contributed by atoms with Crippen molar-refractivity contribution in [3.8, 4) is 5.75 Å². The van der Waals surface area contributed by atoms with Crippen LogP contribution < -0.4 is 10.1 Å². The average Bonchev–Trinajstić information content (AvgIpc) is 2.87. The molecule has 1 heterocycles. The number of aryl methyl sites for hydroxylation is 2. The van der Waals surface area contributed by atoms with Crippen LogP contribution in [0, 0.1) is 13.8 Å². The van der Waals surface area contributed by atoms with E-state index in [-0.39, 0.29) is 5.91 Å². The van der Waals surface area contributed by atoms with Crippen LogP contribution >= 0.6 is 0 Å². The Kier molecular flexibility index (Phi) is 3.37. The van der Waals surface area contributed by atoms with Gasteiger partial charge in [-0.2, -0.15) is 0 Å². The Morgan fingerprint density at radius 3 is 2.67 bits per heavy atom. The summed E-state index contributed by atoms with van der Waals surface area (Å²) in [7, 11) is 1.63. The van der Waals surface area contributed by atoms with Gasteiger partial charge in [0.15, 0.2) is 5.76 Å². The average molecular weight is 245 g/mol. The number of furan rings is 1. The van der Waals surface area contributed by atoms with E-state index in [1.165, 1.54) is 6.26 Å². The maximum Gasteiger partial charge on any atom is 0.291 e. The maximum absolute atomic E-state index is 11.9. The number of rotatable bonds is 3. The fourth-order valence-electron chi connectivity index (χ4n) is 1.74. The van der Waals surface area contributed by atoms with E-state index in [1.807, 2.05) is 26.0 Å². The van der Waals surface area contributed by atoms with Crippen LogP contribution in [0.1, 0.15) is 21.7 Å². The molecule has 0 radical (unpaired) electrons. The van der Waals surface area contributed by atoms with Gasteiger partial charge in [-0.3, -0.25) is 4.79 Å². The molecule has 4 nitrogen and oxygen atoms in total. The zero-order valence-corrected chi connectivity index (χ0v) is 10.6. The molecule has 0 unspecified atom stereocenters. The first-order valence-corrected chi connectivity index (χ1v) is 5.62. The fourth-order valence-corrected chi connectivity index (χ4v) is 1.74. The molecule has 2 rings (SSSR count). The number of methoxy groups -OCH3 is 1. The second kappa shape index (κ2) is 4.96. The summed E-state index contributed by atoms with van der Waals surface area (Å²) in [4.78, 5) is 11.9. The number of anilines is 1. The summed E-state index contributed by atoms with van der Waals surface area (Å²) in [6, 6.07) is 7.09. The van der Waals surface area contributed by atoms with Gasteiger partial charge in [-0.1, -0.05) is 0 Å². The maximum atomic E-state index is 11.9. The van der Waals surface area contributed by atoms with E-state index in [2.05, 4.69) is 5.32 Å². The van der Waals surface area contributed by atoms with Crippen molar-refractivity contribution >= 4 is 11.6 Å². The molecule has 0 saturated heterocycles. The first-order chi connectivity index (χ1) is 8.61. The van der Waals surface area contributed by atoms with Crippen molar-refractivity contribution in [2.75, 3.05) is 12.4 Å². The highest BCUT2D eigenvalue weighted by Crippen LogP contribution is 2.26. The summed E-state index contributed by atoms with van der Waals surface area (Å²) in [6.45, 7) is 3.85. The van der Waals surface area contributed by atoms with Gasteiger partial charge < -0.3 is 14.5 Å². The minimum atomic E-state index is -0.257. The molecule has 0 atom stereocenters. The van der Waals surface area contributed by atoms with Crippen molar-refractivity contribution in [3.05, 3.63) is 47.4 Å². The molecule has 0 bridgehead atoms. The lowest BCUT2D eigenvalue weighted by Crippen LogP contribution is -2.12. The molecular weight excluding hydrogens is 230 g/mol. The van der Waals surface area contributed by atoms with Crippen molar-refractivity contribution in [2.45, 2.75) is 13.8 Å². The Labute approximate surface area is 106 Å². The van der Waals surface area contributed by atoms with Crippen LogP contribution in [0.2, 0.25) is 0 Å². The summed E-state index contributed by atoms with van der Waals surface area (Å²) in [5.74, 6) is 0.846. The third-order valence-electron chi connectivity index (χ3n) is 2.74. The Morgan fingerprint density at radius 2 is 2.06 bits per heavy atom. The number of amides is 1. The van der Waals surface area contributed by atoms with Crippen molar-refractivity contribution in [1.29, 1.82) is 0 Å². The van der Waals surface area contributed by atoms with E-state index < -0.39 is 0 Å². The minimum Gasteiger partial charge on any atom is -0.496 e. The molecule has 1 aromatic heterocycles. The molecule has 18 heavy (non-hydrogen) atoms. The zero-order chi connectivity index (χ0) is 13.1. The van der Waals surface area contributed by atoms with Gasteiger partial charge in [0.2, 0.25) is 0 Å². The molecule has 2 aromatic rings. The SMILES string of the molecule is COc1cc(C)c(NC(=O)c2ccco2)cc1C. The smallest absolute Gasteiger partial charge is 0.291 e. The fraction of sp³-hybridized carbons (Fsp3) is 0.214. The number of carbonyl (C=O) groups excluding carboxylic acids is 1. The Bertz CT molecular complexity index is 559. The molecule has 94 valence electrons. The van der Waals surface area contributed by atoms with E-state index >= 15 is 0 Å². The Hall–Kier alpha value is -2.23. The van der Waals surface area contributed by atoms with Gasteiger partial charge in [-0.15, -0.1) is 0 Å². The number of hydrogen-bond acceptors (Lipinski definition) is 3. The van der Waals surface area contributed by atoms with Crippen LogP contribution in [0.25, 0.3) is 0 Å². The van der Waals surface area contributed by atoms with Crippen molar-refractivity contribution in [2.24, 2.45) is 0 Å². The third kappa shape index (κ3) is 2.37. The van der Waals surface area contributed by atoms with E-state index in [0.29, 0.717) is 5.76 Å². The normalized spacial score (nSPS) is 10.2. The Morgan fingerprint density at radius 1 is 1.28 bits per heavy atom. The van der Waals surface area contributed by atoms with Crippen LogP contribution in [0.4, 0.5) is 5.69 Å². The highest BCUT2D eigenvalue weighted by atomic mass is 16.5. The third-order valence-corrected chi connectivity index (χ3v) is 2.74. The molecule has 0 saturated carbocycles. The highest BCUT2D eigenvalue weighted by Gasteiger charge is 2.11. The van der Waals surface area contributed by atoms with Crippen molar-refractivity contribution < 1.29 is 13.9 Å². The molecule has 0 fully saturated rings. The first-order valence-electron chi connectivity index (χ1n) is 5.62. The van der Waals surface area contributed by atoms with Gasteiger partial charge >= 0.3 is 0 Å². The highest BCUT2D eigenvalue weighted by molar-refractivity contribution is 6.02. The van der Waals surface area contributed by atoms with Gasteiger partial charge in [0.1, 0.15) is 5.75 Å². The van der Waals surface area contributed by atoms with Crippen LogP contribution in [-0.4, -0.2) is 13.0 Å². The predicted molar refractivity (Wildman–Crippen MR) is 69.1 cm³/mol. The van der Waals surface area contributed by atoms with E-state index in [4.69, 9.17) is 9.15 Å². The minimum absolute atomic E-state index is 0.257. The van der Waals surface area contributed by atoms with Gasteiger partial charge in [-0.25, -0.2) is 0 Å². The quantitative estimate of drug-likeness (QED) is 0.903. The predicted octanol–water partition coefficient (Wildman–Crippen LogP) is 3.16. The second-order valence-electron chi connectivity index (χ2n) is 4.07. The van der Waals surface area contributed by atoms with Gasteiger partial charge in [0.25, 0.3) is 5.91 Å². The summed E-state index contributed by atoms with van der Waals surface area (Å²) in [5, 5.41) is 2.82. The number of carbonyl (C=O) groups is 1. The molecule has 0 aliphatic carbocycles. The van der Waals surface area contributed by atoms with Gasteiger partial charge in [0, 0.05) is 5.69 Å². The number of benzene rings is 1. The van der Waals surface area contributed by atoms with Crippen molar-refractivity contribution in [1.82, 2.24) is 0 Å². The van der Waals surface area contributed by atoms with Crippen LogP contribution in [0.15, 0.2) is 34.9 Å². The summed E-state index contributed by atoms with van der Waals surface area (Å²) < 4.78 is 10.3. The van der Waals surface area contributed by atoms with E-state index in [9.17, 15) is 4.79 Å².